The third kappa shape index (κ3) is 2.75. The number of hydrogen-bond donors (Lipinski definition) is 2. The monoisotopic (exact) mass is 367 g/mol. The molecule has 6 nitrogen and oxygen atoms in total. The maximum Gasteiger partial charge on any atom is 0.333 e. The van der Waals surface area contributed by atoms with Crippen LogP contribution in [-0.4, -0.2) is 45.1 Å². The average molecular weight is 367 g/mol. The number of esters is 1. The maximum absolute atomic E-state index is 13.2. The van der Waals surface area contributed by atoms with Gasteiger partial charge >= 0.3 is 5.97 Å². The van der Waals surface area contributed by atoms with Gasteiger partial charge in [-0.05, 0) is 45.1 Å². The minimum absolute atomic E-state index is 0.0898. The summed E-state index contributed by atoms with van der Waals surface area (Å²) in [7, 11) is 0. The van der Waals surface area contributed by atoms with Crippen LogP contribution in [0.25, 0.3) is 0 Å². The van der Waals surface area contributed by atoms with Crippen LogP contribution in [-0.2, 0) is 19.1 Å². The number of carbonyl (C=O) groups is 2. The van der Waals surface area contributed by atoms with Crippen molar-refractivity contribution in [2.24, 2.45) is 0 Å². The van der Waals surface area contributed by atoms with E-state index in [2.05, 4.69) is 15.5 Å². The summed E-state index contributed by atoms with van der Waals surface area (Å²) in [4.78, 5) is 25.7. The molecule has 3 heterocycles. The Bertz CT molecular complexity index is 694. The van der Waals surface area contributed by atoms with Crippen molar-refractivity contribution in [1.82, 2.24) is 15.5 Å². The summed E-state index contributed by atoms with van der Waals surface area (Å²) in [5, 5.41) is 9.84. The summed E-state index contributed by atoms with van der Waals surface area (Å²) in [5.41, 5.74) is 1.59. The van der Waals surface area contributed by atoms with E-state index in [1.54, 1.807) is 24.0 Å². The van der Waals surface area contributed by atoms with Crippen molar-refractivity contribution in [2.45, 2.75) is 42.1 Å². The number of amides is 1. The molecule has 1 aromatic rings. The van der Waals surface area contributed by atoms with Crippen LogP contribution in [0.15, 0.2) is 23.4 Å². The molecule has 0 radical (unpaired) electrons. The third-order valence-corrected chi connectivity index (χ3v) is 6.92. The molecule has 2 unspecified atom stereocenters. The Balaban J connectivity index is 2.16. The number of ether oxygens (including phenoxy) is 1. The van der Waals surface area contributed by atoms with Crippen LogP contribution in [0.3, 0.4) is 0 Å². The van der Waals surface area contributed by atoms with E-state index >= 15 is 0 Å². The van der Waals surface area contributed by atoms with Gasteiger partial charge in [0.15, 0.2) is 4.75 Å². The predicted octanol–water partition coefficient (Wildman–Crippen LogP) is 2.20. The molecular formula is C16H21N3O3S2. The molecule has 0 spiro atoms. The Morgan fingerprint density at radius 1 is 1.50 bits per heavy atom. The van der Waals surface area contributed by atoms with E-state index in [0.29, 0.717) is 24.2 Å². The van der Waals surface area contributed by atoms with Crippen LogP contribution in [0.4, 0.5) is 0 Å². The highest BCUT2D eigenvalue weighted by Crippen LogP contribution is 2.58. The van der Waals surface area contributed by atoms with E-state index in [9.17, 15) is 9.59 Å². The minimum atomic E-state index is -1.04. The Morgan fingerprint density at radius 3 is 2.83 bits per heavy atom. The van der Waals surface area contributed by atoms with Crippen LogP contribution >= 0.6 is 23.5 Å². The molecule has 1 amide bonds. The van der Waals surface area contributed by atoms with Gasteiger partial charge in [-0.3, -0.25) is 9.89 Å². The first kappa shape index (κ1) is 17.4. The Hall–Kier alpha value is -1.41. The van der Waals surface area contributed by atoms with Crippen molar-refractivity contribution in [3.63, 3.8) is 0 Å². The summed E-state index contributed by atoms with van der Waals surface area (Å²) < 4.78 is 4.59. The van der Waals surface area contributed by atoms with Crippen molar-refractivity contribution in [3.05, 3.63) is 29.1 Å². The molecule has 1 aromatic heterocycles. The van der Waals surface area contributed by atoms with E-state index < -0.39 is 10.3 Å². The first-order chi connectivity index (χ1) is 11.3. The maximum atomic E-state index is 13.2. The van der Waals surface area contributed by atoms with Crippen LogP contribution < -0.4 is 5.32 Å². The minimum Gasteiger partial charge on any atom is -0.458 e. The van der Waals surface area contributed by atoms with Crippen molar-refractivity contribution >= 4 is 35.4 Å². The van der Waals surface area contributed by atoms with Gasteiger partial charge in [-0.15, -0.1) is 23.5 Å². The molecule has 0 saturated carbocycles. The highest BCUT2D eigenvalue weighted by Gasteiger charge is 2.57. The standard InChI is InChI=1S/C16H21N3O3S2/c1-15(2,3)22-14(21)16(10-6-8-18-19-10)9-5-7-17-12(20)11(9)13(23-4)24-16/h6,8,13H,5,7H2,1-4H3,(H,17,20)(H,18,19). The normalized spacial score (nSPS) is 27.0. The number of aromatic amines is 1. The first-order valence-electron chi connectivity index (χ1n) is 7.75. The summed E-state index contributed by atoms with van der Waals surface area (Å²) >= 11 is 3.02. The summed E-state index contributed by atoms with van der Waals surface area (Å²) in [6.45, 7) is 6.07. The van der Waals surface area contributed by atoms with Gasteiger partial charge in [-0.25, -0.2) is 4.79 Å². The predicted molar refractivity (Wildman–Crippen MR) is 95.7 cm³/mol. The molecule has 2 aliphatic heterocycles. The van der Waals surface area contributed by atoms with Crippen molar-refractivity contribution in [1.29, 1.82) is 0 Å². The van der Waals surface area contributed by atoms with E-state index in [1.807, 2.05) is 27.0 Å². The lowest BCUT2D eigenvalue weighted by Crippen LogP contribution is -2.42. The number of nitrogens with one attached hydrogen (secondary N) is 2. The lowest BCUT2D eigenvalue weighted by atomic mass is 9.86. The Labute approximate surface area is 149 Å². The summed E-state index contributed by atoms with van der Waals surface area (Å²) in [5.74, 6) is -0.434. The largest absolute Gasteiger partial charge is 0.458 e. The molecule has 0 saturated heterocycles. The third-order valence-electron chi connectivity index (χ3n) is 3.96. The fourth-order valence-electron chi connectivity index (χ4n) is 3.05. The zero-order valence-corrected chi connectivity index (χ0v) is 15.8. The summed E-state index contributed by atoms with van der Waals surface area (Å²) in [6.07, 6.45) is 4.20. The van der Waals surface area contributed by atoms with Crippen LogP contribution in [0.5, 0.6) is 0 Å². The fourth-order valence-corrected chi connectivity index (χ4v) is 5.77. The van der Waals surface area contributed by atoms with Gasteiger partial charge in [-0.1, -0.05) is 0 Å². The van der Waals surface area contributed by atoms with Crippen LogP contribution in [0.1, 0.15) is 32.9 Å². The number of thioether (sulfide) groups is 2. The zero-order chi connectivity index (χ0) is 17.5. The molecule has 2 atom stereocenters. The summed E-state index contributed by atoms with van der Waals surface area (Å²) in [6, 6.07) is 1.79. The van der Waals surface area contributed by atoms with Crippen molar-refractivity contribution in [3.8, 4) is 0 Å². The van der Waals surface area contributed by atoms with Gasteiger partial charge in [0.1, 0.15) is 5.60 Å². The first-order valence-corrected chi connectivity index (χ1v) is 9.92. The van der Waals surface area contributed by atoms with Crippen molar-refractivity contribution < 1.29 is 14.3 Å². The number of H-pyrrole nitrogens is 1. The molecule has 24 heavy (non-hydrogen) atoms. The smallest absolute Gasteiger partial charge is 0.333 e. The van der Waals surface area contributed by atoms with E-state index in [0.717, 1.165) is 5.57 Å². The SMILES string of the molecule is CSC1SC(C(=O)OC(C)(C)C)(c2ccn[nH]2)C2=C1C(=O)NCC2. The molecule has 0 aromatic carbocycles. The second-order valence-corrected chi connectivity index (χ2v) is 9.30. The van der Waals surface area contributed by atoms with E-state index in [4.69, 9.17) is 4.74 Å². The van der Waals surface area contributed by atoms with Gasteiger partial charge in [-0.2, -0.15) is 5.10 Å². The van der Waals surface area contributed by atoms with Crippen molar-refractivity contribution in [2.75, 3.05) is 12.8 Å². The van der Waals surface area contributed by atoms with E-state index in [1.165, 1.54) is 11.8 Å². The second-order valence-electron chi connectivity index (χ2n) is 6.74. The van der Waals surface area contributed by atoms with Crippen LogP contribution in [0.2, 0.25) is 0 Å². The Kier molecular flexibility index (Phi) is 4.46. The Morgan fingerprint density at radius 2 is 2.25 bits per heavy atom. The average Bonchev–Trinajstić information content (AvgIpc) is 3.12. The van der Waals surface area contributed by atoms with Crippen LogP contribution in [0, 0.1) is 0 Å². The molecule has 2 N–H and O–H groups in total. The molecular weight excluding hydrogens is 346 g/mol. The number of aromatic nitrogens is 2. The lowest BCUT2D eigenvalue weighted by Gasteiger charge is -2.33. The molecule has 8 heteroatoms. The zero-order valence-electron chi connectivity index (χ0n) is 14.1. The number of nitrogens with zero attached hydrogens (tertiary/aromatic N) is 1. The highest BCUT2D eigenvalue weighted by atomic mass is 32.2. The molecule has 0 fully saturated rings. The van der Waals surface area contributed by atoms with Gasteiger partial charge in [0, 0.05) is 18.3 Å². The number of hydrogen-bond acceptors (Lipinski definition) is 6. The topological polar surface area (TPSA) is 84.1 Å². The van der Waals surface area contributed by atoms with Gasteiger partial charge in [0.05, 0.1) is 10.3 Å². The van der Waals surface area contributed by atoms with Gasteiger partial charge < -0.3 is 10.1 Å². The molecule has 0 bridgehead atoms. The van der Waals surface area contributed by atoms with E-state index in [-0.39, 0.29) is 16.5 Å². The lowest BCUT2D eigenvalue weighted by molar-refractivity contribution is -0.157. The molecule has 3 rings (SSSR count). The van der Waals surface area contributed by atoms with Gasteiger partial charge in [0.25, 0.3) is 0 Å². The molecule has 2 aliphatic rings. The van der Waals surface area contributed by atoms with Gasteiger partial charge in [0.2, 0.25) is 5.91 Å². The number of carbonyl (C=O) groups excluding carboxylic acids is 2. The highest BCUT2D eigenvalue weighted by molar-refractivity contribution is 8.18. The fraction of sp³-hybridized carbons (Fsp3) is 0.562. The number of rotatable bonds is 3. The molecule has 0 aliphatic carbocycles. The molecule has 130 valence electrons. The quantitative estimate of drug-likeness (QED) is 0.797. The second kappa shape index (κ2) is 6.15.